The van der Waals surface area contributed by atoms with Gasteiger partial charge in [-0.25, -0.2) is 8.78 Å². The van der Waals surface area contributed by atoms with Crippen LogP contribution >= 0.6 is 28.3 Å². The molecule has 1 aromatic carbocycles. The van der Waals surface area contributed by atoms with E-state index in [4.69, 9.17) is 0 Å². The van der Waals surface area contributed by atoms with Crippen LogP contribution in [0.25, 0.3) is 0 Å². The predicted molar refractivity (Wildman–Crippen MR) is 80.9 cm³/mol. The van der Waals surface area contributed by atoms with E-state index in [9.17, 15) is 13.9 Å². The number of alkyl halides is 2. The lowest BCUT2D eigenvalue weighted by atomic mass is 10.0. The molecule has 1 aliphatic rings. The van der Waals surface area contributed by atoms with Gasteiger partial charge in [0, 0.05) is 43.1 Å². The summed E-state index contributed by atoms with van der Waals surface area (Å²) in [7, 11) is 0. The van der Waals surface area contributed by atoms with Crippen LogP contribution in [0, 0.1) is 0 Å². The molecular weight excluding hydrogens is 354 g/mol. The molecule has 2 rings (SSSR count). The Bertz CT molecular complexity index is 431. The molecule has 1 saturated heterocycles. The molecule has 1 atom stereocenters. The second-order valence-corrected chi connectivity index (χ2v) is 5.49. The number of rotatable bonds is 4. The van der Waals surface area contributed by atoms with Crippen LogP contribution in [-0.4, -0.2) is 42.6 Å². The largest absolute Gasteiger partial charge is 0.508 e. The summed E-state index contributed by atoms with van der Waals surface area (Å²) in [6.07, 6.45) is -2.59. The fourth-order valence-corrected chi connectivity index (χ4v) is 2.93. The van der Waals surface area contributed by atoms with Crippen LogP contribution in [0.3, 0.4) is 0 Å². The van der Waals surface area contributed by atoms with E-state index in [-0.39, 0.29) is 30.6 Å². The summed E-state index contributed by atoms with van der Waals surface area (Å²) in [4.78, 5) is 2.04. The molecule has 1 aliphatic heterocycles. The SMILES string of the molecule is Cl.Oc1ccc(Br)c([C@H](CC(F)F)N2CCNCC2)c1. The standard InChI is InChI=1S/C13H17BrF2N2O.ClH/c14-11-2-1-9(19)7-10(11)12(8-13(15)16)18-5-3-17-4-6-18;/h1-2,7,12-13,17,19H,3-6,8H2;1H/t12-;/m0./s1. The van der Waals surface area contributed by atoms with Crippen LogP contribution in [0.4, 0.5) is 8.78 Å². The van der Waals surface area contributed by atoms with E-state index in [0.29, 0.717) is 0 Å². The van der Waals surface area contributed by atoms with Gasteiger partial charge in [0.05, 0.1) is 0 Å². The predicted octanol–water partition coefficient (Wildman–Crippen LogP) is 3.18. The molecule has 1 fully saturated rings. The Labute approximate surface area is 131 Å². The smallest absolute Gasteiger partial charge is 0.240 e. The molecule has 0 spiro atoms. The second kappa shape index (κ2) is 8.12. The number of hydrogen-bond acceptors (Lipinski definition) is 3. The van der Waals surface area contributed by atoms with Crippen molar-refractivity contribution in [1.82, 2.24) is 10.2 Å². The maximum Gasteiger partial charge on any atom is 0.240 e. The third-order valence-electron chi connectivity index (χ3n) is 3.33. The van der Waals surface area contributed by atoms with Gasteiger partial charge < -0.3 is 10.4 Å². The number of halogens is 4. The summed E-state index contributed by atoms with van der Waals surface area (Å²) < 4.78 is 26.4. The van der Waals surface area contributed by atoms with Crippen molar-refractivity contribution in [3.63, 3.8) is 0 Å². The first-order valence-corrected chi connectivity index (χ1v) is 7.08. The van der Waals surface area contributed by atoms with Crippen molar-refractivity contribution in [2.24, 2.45) is 0 Å². The van der Waals surface area contributed by atoms with Crippen LogP contribution in [0.1, 0.15) is 18.0 Å². The summed E-state index contributed by atoms with van der Waals surface area (Å²) in [5.74, 6) is 0.104. The van der Waals surface area contributed by atoms with Crippen LogP contribution < -0.4 is 5.32 Å². The number of nitrogens with one attached hydrogen (secondary N) is 1. The first-order valence-electron chi connectivity index (χ1n) is 6.29. The minimum absolute atomic E-state index is 0. The van der Waals surface area contributed by atoms with E-state index in [1.807, 2.05) is 4.90 Å². The molecule has 0 radical (unpaired) electrons. The molecule has 0 unspecified atom stereocenters. The number of phenols is 1. The number of hydrogen-bond donors (Lipinski definition) is 2. The Kier molecular flexibility index (Phi) is 7.15. The van der Waals surface area contributed by atoms with Crippen molar-refractivity contribution in [3.05, 3.63) is 28.2 Å². The fourth-order valence-electron chi connectivity index (χ4n) is 2.42. The normalized spacial score (nSPS) is 17.8. The summed E-state index contributed by atoms with van der Waals surface area (Å²) in [5, 5.41) is 12.8. The van der Waals surface area contributed by atoms with Crippen molar-refractivity contribution in [3.8, 4) is 5.75 Å². The lowest BCUT2D eigenvalue weighted by Crippen LogP contribution is -2.45. The second-order valence-electron chi connectivity index (χ2n) is 4.63. The first kappa shape index (κ1) is 17.6. The van der Waals surface area contributed by atoms with Gasteiger partial charge in [0.1, 0.15) is 5.75 Å². The topological polar surface area (TPSA) is 35.5 Å². The molecule has 1 heterocycles. The minimum Gasteiger partial charge on any atom is -0.508 e. The van der Waals surface area contributed by atoms with Gasteiger partial charge >= 0.3 is 0 Å². The monoisotopic (exact) mass is 370 g/mol. The third-order valence-corrected chi connectivity index (χ3v) is 4.05. The molecule has 20 heavy (non-hydrogen) atoms. The lowest BCUT2D eigenvalue weighted by molar-refractivity contribution is 0.0735. The number of piperazine rings is 1. The molecule has 2 N–H and O–H groups in total. The van der Waals surface area contributed by atoms with Crippen LogP contribution in [0.15, 0.2) is 22.7 Å². The molecule has 3 nitrogen and oxygen atoms in total. The van der Waals surface area contributed by atoms with Crippen LogP contribution in [-0.2, 0) is 0 Å². The minimum atomic E-state index is -2.37. The van der Waals surface area contributed by atoms with Gasteiger partial charge in [0.2, 0.25) is 6.43 Å². The Hall–Kier alpha value is -0.430. The average molecular weight is 372 g/mol. The molecule has 1 aromatic rings. The van der Waals surface area contributed by atoms with Crippen LogP contribution in [0.5, 0.6) is 5.75 Å². The van der Waals surface area contributed by atoms with Gasteiger partial charge in [0.15, 0.2) is 0 Å². The van der Waals surface area contributed by atoms with Crippen molar-refractivity contribution >= 4 is 28.3 Å². The summed E-state index contributed by atoms with van der Waals surface area (Å²) >= 11 is 3.39. The van der Waals surface area contributed by atoms with Gasteiger partial charge in [-0.05, 0) is 23.8 Å². The highest BCUT2D eigenvalue weighted by Gasteiger charge is 2.27. The third kappa shape index (κ3) is 4.55. The summed E-state index contributed by atoms with van der Waals surface area (Å²) in [5.41, 5.74) is 0.724. The highest BCUT2D eigenvalue weighted by Crippen LogP contribution is 2.34. The molecule has 0 aliphatic carbocycles. The Morgan fingerprint density at radius 3 is 2.55 bits per heavy atom. The highest BCUT2D eigenvalue weighted by atomic mass is 79.9. The van der Waals surface area contributed by atoms with Crippen molar-refractivity contribution in [2.75, 3.05) is 26.2 Å². The van der Waals surface area contributed by atoms with Crippen LogP contribution in [0.2, 0.25) is 0 Å². The van der Waals surface area contributed by atoms with Crippen molar-refractivity contribution in [1.29, 1.82) is 0 Å². The number of nitrogens with zero attached hydrogens (tertiary/aromatic N) is 1. The maximum absolute atomic E-state index is 12.8. The fraction of sp³-hybridized carbons (Fsp3) is 0.538. The summed E-state index contributed by atoms with van der Waals surface area (Å²) in [6.45, 7) is 3.07. The van der Waals surface area contributed by atoms with Crippen molar-refractivity contribution in [2.45, 2.75) is 18.9 Å². The lowest BCUT2D eigenvalue weighted by Gasteiger charge is -2.35. The van der Waals surface area contributed by atoms with E-state index in [0.717, 1.165) is 36.2 Å². The molecule has 114 valence electrons. The van der Waals surface area contributed by atoms with Gasteiger partial charge in [-0.3, -0.25) is 4.90 Å². The van der Waals surface area contributed by atoms with E-state index >= 15 is 0 Å². The van der Waals surface area contributed by atoms with Gasteiger partial charge in [-0.15, -0.1) is 12.4 Å². The number of benzene rings is 1. The first-order chi connectivity index (χ1) is 9.08. The van der Waals surface area contributed by atoms with E-state index < -0.39 is 6.43 Å². The molecule has 0 saturated carbocycles. The zero-order chi connectivity index (χ0) is 13.8. The average Bonchev–Trinajstić information content (AvgIpc) is 2.40. The quantitative estimate of drug-likeness (QED) is 0.853. The molecule has 0 aromatic heterocycles. The Balaban J connectivity index is 0.00000200. The molecule has 7 heteroatoms. The molecule has 0 amide bonds. The highest BCUT2D eigenvalue weighted by molar-refractivity contribution is 9.10. The summed E-state index contributed by atoms with van der Waals surface area (Å²) in [6, 6.07) is 4.44. The Morgan fingerprint density at radius 1 is 1.30 bits per heavy atom. The van der Waals surface area contributed by atoms with Gasteiger partial charge in [0.25, 0.3) is 0 Å². The molecular formula is C13H18BrClF2N2O. The zero-order valence-electron chi connectivity index (χ0n) is 10.9. The Morgan fingerprint density at radius 2 is 1.95 bits per heavy atom. The molecule has 0 bridgehead atoms. The van der Waals surface area contributed by atoms with E-state index in [2.05, 4.69) is 21.2 Å². The van der Waals surface area contributed by atoms with E-state index in [1.165, 1.54) is 0 Å². The maximum atomic E-state index is 12.8. The van der Waals surface area contributed by atoms with E-state index in [1.54, 1.807) is 18.2 Å². The van der Waals surface area contributed by atoms with Crippen molar-refractivity contribution < 1.29 is 13.9 Å². The van der Waals surface area contributed by atoms with Gasteiger partial charge in [-0.1, -0.05) is 15.9 Å². The zero-order valence-corrected chi connectivity index (χ0v) is 13.3. The number of phenolic OH excluding ortho intramolecular Hbond substituents is 1. The number of aromatic hydroxyl groups is 1. The van der Waals surface area contributed by atoms with Gasteiger partial charge in [-0.2, -0.15) is 0 Å².